The lowest BCUT2D eigenvalue weighted by Gasteiger charge is -2.37. The highest BCUT2D eigenvalue weighted by molar-refractivity contribution is 5.85. The van der Waals surface area contributed by atoms with Gasteiger partial charge in [-0.3, -0.25) is 4.79 Å². The van der Waals surface area contributed by atoms with Crippen LogP contribution in [0.5, 0.6) is 11.5 Å². The second kappa shape index (κ2) is 7.53. The van der Waals surface area contributed by atoms with Crippen LogP contribution in [-0.4, -0.2) is 49.7 Å². The van der Waals surface area contributed by atoms with E-state index < -0.39 is 0 Å². The maximum Gasteiger partial charge on any atom is 0.229 e. The van der Waals surface area contributed by atoms with Crippen LogP contribution in [-0.2, 0) is 4.79 Å². The molecule has 0 bridgehead atoms. The third kappa shape index (κ3) is 3.42. The van der Waals surface area contributed by atoms with Crippen LogP contribution in [0.2, 0.25) is 0 Å². The van der Waals surface area contributed by atoms with Crippen molar-refractivity contribution in [2.45, 2.75) is 19.3 Å². The monoisotopic (exact) mass is 383 g/mol. The molecule has 28 heavy (non-hydrogen) atoms. The number of amides is 1. The Balaban J connectivity index is 1.46. The summed E-state index contributed by atoms with van der Waals surface area (Å²) in [4.78, 5) is 23.4. The molecule has 8 heteroatoms. The lowest BCUT2D eigenvalue weighted by molar-refractivity contribution is -0.128. The lowest BCUT2D eigenvalue weighted by atomic mass is 9.77. The van der Waals surface area contributed by atoms with E-state index in [0.717, 1.165) is 50.4 Å². The normalized spacial score (nSPS) is 18.1. The van der Waals surface area contributed by atoms with Crippen LogP contribution in [0.1, 0.15) is 19.3 Å². The molecule has 2 aliphatic heterocycles. The molecule has 1 amide bonds. The van der Waals surface area contributed by atoms with Crippen molar-refractivity contribution in [1.82, 2.24) is 15.3 Å². The van der Waals surface area contributed by atoms with E-state index in [0.29, 0.717) is 17.4 Å². The summed E-state index contributed by atoms with van der Waals surface area (Å²) in [5, 5.41) is 6.19. The van der Waals surface area contributed by atoms with E-state index in [2.05, 4.69) is 25.5 Å². The average molecular weight is 383 g/mol. The molecule has 2 aliphatic rings. The second-order valence-electron chi connectivity index (χ2n) is 7.21. The molecule has 1 aromatic carbocycles. The van der Waals surface area contributed by atoms with E-state index in [-0.39, 0.29) is 11.3 Å². The van der Waals surface area contributed by atoms with Crippen LogP contribution in [0.4, 0.5) is 17.5 Å². The molecule has 2 saturated heterocycles. The first-order chi connectivity index (χ1) is 13.6. The predicted octanol–water partition coefficient (Wildman–Crippen LogP) is 2.34. The highest BCUT2D eigenvalue weighted by atomic mass is 16.5. The van der Waals surface area contributed by atoms with Crippen LogP contribution < -0.4 is 25.0 Å². The maximum atomic E-state index is 12.2. The zero-order valence-electron chi connectivity index (χ0n) is 16.2. The van der Waals surface area contributed by atoms with Gasteiger partial charge in [0.1, 0.15) is 5.82 Å². The Morgan fingerprint density at radius 2 is 1.89 bits per heavy atom. The largest absolute Gasteiger partial charge is 0.493 e. The summed E-state index contributed by atoms with van der Waals surface area (Å²) in [6.07, 6.45) is 4.41. The van der Waals surface area contributed by atoms with Gasteiger partial charge in [-0.2, -0.15) is 4.98 Å². The first kappa shape index (κ1) is 18.3. The molecule has 4 rings (SSSR count). The lowest BCUT2D eigenvalue weighted by Crippen LogP contribution is -2.44. The zero-order valence-corrected chi connectivity index (χ0v) is 16.2. The van der Waals surface area contributed by atoms with Gasteiger partial charge in [-0.1, -0.05) is 0 Å². The first-order valence-electron chi connectivity index (χ1n) is 9.49. The molecule has 8 nitrogen and oxygen atoms in total. The highest BCUT2D eigenvalue weighted by Gasteiger charge is 2.44. The van der Waals surface area contributed by atoms with Crippen molar-refractivity contribution >= 4 is 23.4 Å². The zero-order chi connectivity index (χ0) is 19.6. The number of ether oxygens (including phenoxy) is 2. The number of anilines is 3. The van der Waals surface area contributed by atoms with Crippen molar-refractivity contribution in [1.29, 1.82) is 0 Å². The summed E-state index contributed by atoms with van der Waals surface area (Å²) in [5.41, 5.74) is 0.639. The van der Waals surface area contributed by atoms with Crippen molar-refractivity contribution in [2.24, 2.45) is 5.41 Å². The van der Waals surface area contributed by atoms with E-state index >= 15 is 0 Å². The molecular formula is C20H25N5O3. The summed E-state index contributed by atoms with van der Waals surface area (Å²) >= 11 is 0. The molecule has 0 radical (unpaired) electrons. The summed E-state index contributed by atoms with van der Waals surface area (Å²) in [7, 11) is 3.21. The molecule has 2 aromatic rings. The van der Waals surface area contributed by atoms with Crippen LogP contribution in [0.3, 0.4) is 0 Å². The van der Waals surface area contributed by atoms with Crippen molar-refractivity contribution in [3.8, 4) is 11.5 Å². The number of rotatable bonds is 5. The van der Waals surface area contributed by atoms with Gasteiger partial charge >= 0.3 is 0 Å². The molecule has 0 unspecified atom stereocenters. The topological polar surface area (TPSA) is 88.6 Å². The number of carbonyl (C=O) groups is 1. The Labute approximate surface area is 164 Å². The van der Waals surface area contributed by atoms with Gasteiger partial charge in [0.2, 0.25) is 11.9 Å². The molecular weight excluding hydrogens is 358 g/mol. The number of methoxy groups -OCH3 is 2. The molecule has 2 N–H and O–H groups in total. The summed E-state index contributed by atoms with van der Waals surface area (Å²) in [6, 6.07) is 7.48. The van der Waals surface area contributed by atoms with E-state index in [4.69, 9.17) is 9.47 Å². The van der Waals surface area contributed by atoms with Crippen LogP contribution in [0, 0.1) is 5.41 Å². The van der Waals surface area contributed by atoms with Crippen molar-refractivity contribution < 1.29 is 14.3 Å². The Kier molecular flexibility index (Phi) is 4.93. The third-order valence-corrected chi connectivity index (χ3v) is 5.70. The predicted molar refractivity (Wildman–Crippen MR) is 106 cm³/mol. The number of benzene rings is 1. The standard InChI is InChI=1S/C20H25N5O3/c1-27-15-4-3-14(13-16(15)28-2)23-19-22-9-5-17(24-19)25-11-7-20(8-12-25)6-10-21-18(20)26/h3-5,9,13H,6-8,10-12H2,1-2H3,(H,21,26)(H,22,23,24). The number of carbonyl (C=O) groups excluding carboxylic acids is 1. The molecule has 3 heterocycles. The number of nitrogens with one attached hydrogen (secondary N) is 2. The van der Waals surface area contributed by atoms with Gasteiger partial charge in [0.15, 0.2) is 11.5 Å². The molecule has 148 valence electrons. The molecule has 0 saturated carbocycles. The van der Waals surface area contributed by atoms with Gasteiger partial charge in [0, 0.05) is 37.6 Å². The Morgan fingerprint density at radius 3 is 2.57 bits per heavy atom. The summed E-state index contributed by atoms with van der Waals surface area (Å²) < 4.78 is 10.6. The fraction of sp³-hybridized carbons (Fsp3) is 0.450. The van der Waals surface area contributed by atoms with E-state index in [1.807, 2.05) is 24.3 Å². The van der Waals surface area contributed by atoms with Gasteiger partial charge in [-0.15, -0.1) is 0 Å². The van der Waals surface area contributed by atoms with Crippen molar-refractivity contribution in [3.05, 3.63) is 30.5 Å². The Hall–Kier alpha value is -3.03. The van der Waals surface area contributed by atoms with Gasteiger partial charge in [0.25, 0.3) is 0 Å². The fourth-order valence-corrected chi connectivity index (χ4v) is 3.99. The van der Waals surface area contributed by atoms with Crippen LogP contribution in [0.25, 0.3) is 0 Å². The van der Waals surface area contributed by atoms with Gasteiger partial charge in [-0.25, -0.2) is 4.98 Å². The third-order valence-electron chi connectivity index (χ3n) is 5.70. The minimum atomic E-state index is -0.176. The summed E-state index contributed by atoms with van der Waals surface area (Å²) in [5.74, 6) is 2.90. The van der Waals surface area contributed by atoms with Gasteiger partial charge in [0.05, 0.1) is 19.6 Å². The van der Waals surface area contributed by atoms with Gasteiger partial charge < -0.3 is 25.0 Å². The minimum Gasteiger partial charge on any atom is -0.493 e. The number of piperidine rings is 1. The minimum absolute atomic E-state index is 0.176. The summed E-state index contributed by atoms with van der Waals surface area (Å²) in [6.45, 7) is 2.44. The van der Waals surface area contributed by atoms with Crippen molar-refractivity contribution in [3.63, 3.8) is 0 Å². The second-order valence-corrected chi connectivity index (χ2v) is 7.21. The van der Waals surface area contributed by atoms with Crippen molar-refractivity contribution in [2.75, 3.05) is 44.1 Å². The smallest absolute Gasteiger partial charge is 0.229 e. The molecule has 1 aromatic heterocycles. The molecule has 2 fully saturated rings. The molecule has 1 spiro atoms. The molecule has 0 aliphatic carbocycles. The number of hydrogen-bond acceptors (Lipinski definition) is 7. The molecule has 0 atom stereocenters. The SMILES string of the molecule is COc1ccc(Nc2nccc(N3CCC4(CCNC4=O)CC3)n2)cc1OC. The Bertz CT molecular complexity index is 865. The quantitative estimate of drug-likeness (QED) is 0.819. The van der Waals surface area contributed by atoms with E-state index in [1.165, 1.54) is 0 Å². The highest BCUT2D eigenvalue weighted by Crippen LogP contribution is 2.39. The number of aromatic nitrogens is 2. The average Bonchev–Trinajstić information content (AvgIpc) is 3.08. The van der Waals surface area contributed by atoms with E-state index in [1.54, 1.807) is 20.4 Å². The number of nitrogens with zero attached hydrogens (tertiary/aromatic N) is 3. The van der Waals surface area contributed by atoms with E-state index in [9.17, 15) is 4.79 Å². The van der Waals surface area contributed by atoms with Crippen LogP contribution in [0.15, 0.2) is 30.5 Å². The number of hydrogen-bond donors (Lipinski definition) is 2. The fourth-order valence-electron chi connectivity index (χ4n) is 3.99. The van der Waals surface area contributed by atoms with Gasteiger partial charge in [-0.05, 0) is 37.5 Å². The Morgan fingerprint density at radius 1 is 1.11 bits per heavy atom. The van der Waals surface area contributed by atoms with Crippen LogP contribution >= 0.6 is 0 Å². The first-order valence-corrected chi connectivity index (χ1v) is 9.49. The maximum absolute atomic E-state index is 12.2.